The molecule has 1 N–H and O–H groups in total. The first kappa shape index (κ1) is 36.6. The monoisotopic (exact) mass is 676 g/mol. The molecule has 2 atom stereocenters. The van der Waals surface area contributed by atoms with Crippen molar-refractivity contribution in [1.82, 2.24) is 19.3 Å². The Labute approximate surface area is 291 Å². The highest BCUT2D eigenvalue weighted by atomic mass is 16.6. The Morgan fingerprint density at radius 2 is 1.57 bits per heavy atom. The lowest BCUT2D eigenvalue weighted by Gasteiger charge is -2.51. The molecule has 49 heavy (non-hydrogen) atoms. The van der Waals surface area contributed by atoms with Crippen LogP contribution >= 0.6 is 0 Å². The number of piperidine rings is 1. The van der Waals surface area contributed by atoms with Crippen LogP contribution in [0.5, 0.6) is 0 Å². The molecule has 268 valence electrons. The van der Waals surface area contributed by atoms with Gasteiger partial charge in [0.05, 0.1) is 17.7 Å². The molecule has 1 aliphatic carbocycles. The van der Waals surface area contributed by atoms with Crippen molar-refractivity contribution in [2.24, 2.45) is 17.3 Å². The summed E-state index contributed by atoms with van der Waals surface area (Å²) < 4.78 is 6.98. The molecule has 2 aromatic rings. The van der Waals surface area contributed by atoms with Gasteiger partial charge in [-0.3, -0.25) is 14.4 Å². The van der Waals surface area contributed by atoms with Crippen LogP contribution in [-0.2, 0) is 16.1 Å². The maximum Gasteiger partial charge on any atom is 0.410 e. The van der Waals surface area contributed by atoms with Gasteiger partial charge >= 0.3 is 6.09 Å². The van der Waals surface area contributed by atoms with E-state index >= 15 is 0 Å². The third-order valence-electron chi connectivity index (χ3n) is 10.9. The highest BCUT2D eigenvalue weighted by Crippen LogP contribution is 2.41. The predicted octanol–water partition coefficient (Wildman–Crippen LogP) is 5.80. The zero-order chi connectivity index (χ0) is 35.6. The third kappa shape index (κ3) is 8.56. The topological polar surface area (TPSA) is 112 Å². The summed E-state index contributed by atoms with van der Waals surface area (Å²) in [6, 6.07) is 10.8. The van der Waals surface area contributed by atoms with Gasteiger partial charge in [0.15, 0.2) is 0 Å². The Kier molecular flexibility index (Phi) is 11.0. The number of aliphatic hydroxyl groups is 1. The van der Waals surface area contributed by atoms with Crippen molar-refractivity contribution in [3.05, 3.63) is 58.5 Å². The molecule has 3 aliphatic rings. The zero-order valence-corrected chi connectivity index (χ0v) is 30.4. The summed E-state index contributed by atoms with van der Waals surface area (Å²) in [5, 5.41) is 12.2. The molecule has 2 unspecified atom stereocenters. The van der Waals surface area contributed by atoms with Crippen LogP contribution in [0.15, 0.2) is 47.4 Å². The van der Waals surface area contributed by atoms with Crippen molar-refractivity contribution in [2.75, 3.05) is 39.3 Å². The maximum absolute atomic E-state index is 14.2. The molecular formula is C39H56N4O6. The molecule has 3 fully saturated rings. The van der Waals surface area contributed by atoms with Crippen molar-refractivity contribution in [3.63, 3.8) is 0 Å². The minimum atomic E-state index is -1.28. The third-order valence-corrected chi connectivity index (χ3v) is 10.9. The number of carbonyl (C=O) groups excluding carboxylic acids is 3. The second-order valence-electron chi connectivity index (χ2n) is 16.3. The Balaban J connectivity index is 1.34. The Hall–Kier alpha value is -3.66. The Bertz CT molecular complexity index is 1550. The fraction of sp³-hybridized carbons (Fsp3) is 0.641. The van der Waals surface area contributed by atoms with Gasteiger partial charge in [-0.25, -0.2) is 4.79 Å². The lowest BCUT2D eigenvalue weighted by atomic mass is 9.69. The molecule has 0 radical (unpaired) electrons. The largest absolute Gasteiger partial charge is 0.444 e. The van der Waals surface area contributed by atoms with Crippen LogP contribution in [-0.4, -0.2) is 92.8 Å². The average molecular weight is 677 g/mol. The second kappa shape index (κ2) is 14.7. The minimum Gasteiger partial charge on any atom is -0.444 e. The SMILES string of the molecule is CC(CC1CCCCC1)C(=O)N1CCC(O)(Cn2cc(C(=O)N3CCN(C(=O)OC(C)(C)C)CC3)c(-c3ccccc3)cc2=O)C(C)(C)C1. The number of piperazine rings is 1. The fourth-order valence-electron chi connectivity index (χ4n) is 7.77. The van der Waals surface area contributed by atoms with Crippen LogP contribution in [0.4, 0.5) is 4.79 Å². The highest BCUT2D eigenvalue weighted by Gasteiger charge is 2.49. The number of likely N-dealkylation sites (tertiary alicyclic amines) is 1. The molecule has 1 saturated carbocycles. The van der Waals surface area contributed by atoms with E-state index in [1.54, 1.807) is 16.0 Å². The van der Waals surface area contributed by atoms with Gasteiger partial charge in [-0.2, -0.15) is 0 Å². The number of amides is 3. The van der Waals surface area contributed by atoms with Gasteiger partial charge in [0.1, 0.15) is 5.60 Å². The Morgan fingerprint density at radius 3 is 2.18 bits per heavy atom. The summed E-state index contributed by atoms with van der Waals surface area (Å²) in [6.07, 6.45) is 8.61. The summed E-state index contributed by atoms with van der Waals surface area (Å²) >= 11 is 0. The van der Waals surface area contributed by atoms with Gasteiger partial charge in [0.25, 0.3) is 11.5 Å². The average Bonchev–Trinajstić information content (AvgIpc) is 3.06. The van der Waals surface area contributed by atoms with Crippen LogP contribution < -0.4 is 5.56 Å². The van der Waals surface area contributed by atoms with E-state index in [2.05, 4.69) is 0 Å². The standard InChI is InChI=1S/C39H56N4O6/c1-28(23-29-13-9-7-10-14-29)34(45)42-18-17-39(48,38(5,6)26-42)27-43-25-32(31(24-33(43)44)30-15-11-8-12-16-30)35(46)40-19-21-41(22-20-40)36(47)49-37(2,3)4/h8,11-12,15-16,24-25,28-29,48H,7,9-10,13-14,17-23,26-27H2,1-6H3. The van der Waals surface area contributed by atoms with E-state index in [0.717, 1.165) is 12.0 Å². The Morgan fingerprint density at radius 1 is 0.939 bits per heavy atom. The number of benzene rings is 1. The number of pyridine rings is 1. The number of aromatic nitrogens is 1. The minimum absolute atomic E-state index is 0.000261. The maximum atomic E-state index is 14.2. The van der Waals surface area contributed by atoms with Crippen molar-refractivity contribution >= 4 is 17.9 Å². The van der Waals surface area contributed by atoms with Crippen LogP contribution in [0.25, 0.3) is 11.1 Å². The lowest BCUT2D eigenvalue weighted by molar-refractivity contribution is -0.157. The van der Waals surface area contributed by atoms with Gasteiger partial charge < -0.3 is 29.1 Å². The smallest absolute Gasteiger partial charge is 0.410 e. The fourth-order valence-corrected chi connectivity index (χ4v) is 7.77. The number of ether oxygens (including phenoxy) is 1. The summed E-state index contributed by atoms with van der Waals surface area (Å²) in [7, 11) is 0. The molecule has 0 spiro atoms. The van der Waals surface area contributed by atoms with Crippen molar-refractivity contribution in [1.29, 1.82) is 0 Å². The first-order chi connectivity index (χ1) is 23.1. The first-order valence-corrected chi connectivity index (χ1v) is 18.2. The van der Waals surface area contributed by atoms with E-state index in [1.165, 1.54) is 42.7 Å². The number of carbonyl (C=O) groups is 3. The number of rotatable bonds is 7. The predicted molar refractivity (Wildman–Crippen MR) is 190 cm³/mol. The molecule has 3 amide bonds. The number of nitrogens with zero attached hydrogens (tertiary/aromatic N) is 4. The van der Waals surface area contributed by atoms with Gasteiger partial charge in [-0.15, -0.1) is 0 Å². The van der Waals surface area contributed by atoms with E-state index in [9.17, 15) is 24.3 Å². The molecule has 1 aromatic heterocycles. The summed E-state index contributed by atoms with van der Waals surface area (Å²) in [5.74, 6) is 0.455. The summed E-state index contributed by atoms with van der Waals surface area (Å²) in [4.78, 5) is 59.3. The van der Waals surface area contributed by atoms with E-state index in [0.29, 0.717) is 62.7 Å². The van der Waals surface area contributed by atoms with E-state index in [4.69, 9.17) is 4.74 Å². The zero-order valence-electron chi connectivity index (χ0n) is 30.4. The van der Waals surface area contributed by atoms with Gasteiger partial charge in [-0.05, 0) is 45.1 Å². The molecule has 10 nitrogen and oxygen atoms in total. The van der Waals surface area contributed by atoms with Crippen LogP contribution in [0, 0.1) is 17.3 Å². The van der Waals surface area contributed by atoms with Crippen molar-refractivity contribution in [2.45, 2.75) is 104 Å². The van der Waals surface area contributed by atoms with E-state index < -0.39 is 22.7 Å². The van der Waals surface area contributed by atoms with Gasteiger partial charge in [-0.1, -0.05) is 83.2 Å². The van der Waals surface area contributed by atoms with Gasteiger partial charge in [0.2, 0.25) is 5.91 Å². The highest BCUT2D eigenvalue weighted by molar-refractivity contribution is 6.00. The molecular weight excluding hydrogens is 620 g/mol. The summed E-state index contributed by atoms with van der Waals surface area (Å²) in [5.41, 5.74) is -1.27. The lowest BCUT2D eigenvalue weighted by Crippen LogP contribution is -2.61. The first-order valence-electron chi connectivity index (χ1n) is 18.2. The van der Waals surface area contributed by atoms with E-state index in [-0.39, 0.29) is 29.8 Å². The number of hydrogen-bond acceptors (Lipinski definition) is 6. The van der Waals surface area contributed by atoms with Gasteiger partial charge in [0, 0.05) is 68.4 Å². The molecule has 2 saturated heterocycles. The van der Waals surface area contributed by atoms with Crippen LogP contribution in [0.1, 0.15) is 96.8 Å². The molecule has 10 heteroatoms. The summed E-state index contributed by atoms with van der Waals surface area (Å²) in [6.45, 7) is 13.5. The van der Waals surface area contributed by atoms with Crippen LogP contribution in [0.2, 0.25) is 0 Å². The molecule has 1 aromatic carbocycles. The van der Waals surface area contributed by atoms with Crippen molar-refractivity contribution < 1.29 is 24.2 Å². The molecule has 2 aliphatic heterocycles. The second-order valence-corrected chi connectivity index (χ2v) is 16.3. The van der Waals surface area contributed by atoms with Crippen molar-refractivity contribution in [3.8, 4) is 11.1 Å². The normalized spacial score (nSPS) is 22.5. The van der Waals surface area contributed by atoms with E-state index in [1.807, 2.05) is 76.8 Å². The molecule has 0 bridgehead atoms. The van der Waals surface area contributed by atoms with Crippen LogP contribution in [0.3, 0.4) is 0 Å². The molecule has 3 heterocycles. The number of hydrogen-bond donors (Lipinski definition) is 1. The quantitative estimate of drug-likeness (QED) is 0.397. The molecule has 5 rings (SSSR count).